The predicted molar refractivity (Wildman–Crippen MR) is 126 cm³/mol. The van der Waals surface area contributed by atoms with Gasteiger partial charge in [0.2, 0.25) is 10.0 Å². The summed E-state index contributed by atoms with van der Waals surface area (Å²) in [5, 5.41) is 1.24. The van der Waals surface area contributed by atoms with E-state index in [1.54, 1.807) is 29.7 Å². The van der Waals surface area contributed by atoms with E-state index in [9.17, 15) is 8.42 Å². The van der Waals surface area contributed by atoms with Gasteiger partial charge in [0, 0.05) is 44.2 Å². The number of methoxy groups -OCH3 is 1. The number of fused-ring (bicyclic) bond motifs is 1. The van der Waals surface area contributed by atoms with Gasteiger partial charge in [0.05, 0.1) is 16.7 Å². The second kappa shape index (κ2) is 9.95. The molecule has 9 heteroatoms. The molecule has 0 saturated carbocycles. The summed E-state index contributed by atoms with van der Waals surface area (Å²) in [5.41, 5.74) is 0. The minimum Gasteiger partial charge on any atom is -0.497 e. The number of hydrogen-bond donors (Lipinski definition) is 1. The Morgan fingerprint density at radius 3 is 2.68 bits per heavy atom. The fourth-order valence-corrected chi connectivity index (χ4v) is 5.71. The molecule has 0 radical (unpaired) electrons. The van der Waals surface area contributed by atoms with Crippen molar-refractivity contribution in [1.29, 1.82) is 0 Å². The lowest BCUT2D eigenvalue weighted by atomic mass is 10.2. The molecular formula is C22H28N4O3S2. The van der Waals surface area contributed by atoms with Crippen LogP contribution in [0.25, 0.3) is 10.1 Å². The molecule has 0 bridgehead atoms. The molecular weight excluding hydrogens is 432 g/mol. The summed E-state index contributed by atoms with van der Waals surface area (Å²) in [6.45, 7) is 5.35. The zero-order chi connectivity index (χ0) is 21.7. The van der Waals surface area contributed by atoms with Gasteiger partial charge in [-0.1, -0.05) is 18.2 Å². The molecule has 7 nitrogen and oxygen atoms in total. The van der Waals surface area contributed by atoms with E-state index in [0.29, 0.717) is 12.3 Å². The van der Waals surface area contributed by atoms with Gasteiger partial charge in [-0.15, -0.1) is 0 Å². The Kier molecular flexibility index (Phi) is 7.06. The van der Waals surface area contributed by atoms with Crippen LogP contribution in [0, 0.1) is 0 Å². The number of nitrogens with one attached hydrogen (secondary N) is 1. The number of unbranched alkanes of at least 4 members (excludes halogenated alkanes) is 1. The number of sulfonamides is 1. The van der Waals surface area contributed by atoms with Crippen molar-refractivity contribution in [3.05, 3.63) is 48.5 Å². The van der Waals surface area contributed by atoms with E-state index in [-0.39, 0.29) is 4.90 Å². The molecule has 2 aromatic carbocycles. The number of nitrogens with zero attached hydrogens (tertiary/aromatic N) is 3. The number of anilines is 1. The average molecular weight is 461 g/mol. The topological polar surface area (TPSA) is 74.8 Å². The van der Waals surface area contributed by atoms with Crippen molar-refractivity contribution >= 4 is 37.5 Å². The molecule has 0 atom stereocenters. The highest BCUT2D eigenvalue weighted by Crippen LogP contribution is 2.29. The van der Waals surface area contributed by atoms with Gasteiger partial charge < -0.3 is 9.64 Å². The average Bonchev–Trinajstić information content (AvgIpc) is 3.23. The van der Waals surface area contributed by atoms with Crippen LogP contribution in [0.4, 0.5) is 5.82 Å². The lowest BCUT2D eigenvalue weighted by Gasteiger charge is -2.35. The Balaban J connectivity index is 1.18. The lowest BCUT2D eigenvalue weighted by Crippen LogP contribution is -2.46. The van der Waals surface area contributed by atoms with E-state index in [0.717, 1.165) is 51.4 Å². The van der Waals surface area contributed by atoms with Crippen LogP contribution in [0.1, 0.15) is 12.8 Å². The van der Waals surface area contributed by atoms with Crippen LogP contribution in [-0.2, 0) is 10.0 Å². The van der Waals surface area contributed by atoms with Crippen molar-refractivity contribution in [3.8, 4) is 5.75 Å². The quantitative estimate of drug-likeness (QED) is 0.495. The largest absolute Gasteiger partial charge is 0.497 e. The van der Waals surface area contributed by atoms with Gasteiger partial charge in [-0.3, -0.25) is 4.90 Å². The molecule has 0 unspecified atom stereocenters. The van der Waals surface area contributed by atoms with Crippen molar-refractivity contribution in [2.45, 2.75) is 17.7 Å². The van der Waals surface area contributed by atoms with Gasteiger partial charge in [-0.25, -0.2) is 13.1 Å². The highest BCUT2D eigenvalue weighted by atomic mass is 32.2. The van der Waals surface area contributed by atoms with E-state index >= 15 is 0 Å². The van der Waals surface area contributed by atoms with Crippen LogP contribution < -0.4 is 14.4 Å². The molecule has 1 N–H and O–H groups in total. The van der Waals surface area contributed by atoms with Crippen LogP contribution in [0.15, 0.2) is 53.4 Å². The first-order chi connectivity index (χ1) is 15.1. The highest BCUT2D eigenvalue weighted by Gasteiger charge is 2.20. The molecule has 0 aliphatic carbocycles. The maximum atomic E-state index is 12.4. The zero-order valence-electron chi connectivity index (χ0n) is 17.7. The molecule has 166 valence electrons. The number of rotatable bonds is 9. The lowest BCUT2D eigenvalue weighted by molar-refractivity contribution is 0.253. The van der Waals surface area contributed by atoms with Crippen molar-refractivity contribution < 1.29 is 13.2 Å². The van der Waals surface area contributed by atoms with Crippen LogP contribution >= 0.6 is 11.5 Å². The molecule has 1 saturated heterocycles. The van der Waals surface area contributed by atoms with Gasteiger partial charge >= 0.3 is 0 Å². The third kappa shape index (κ3) is 5.35. The van der Waals surface area contributed by atoms with Crippen LogP contribution in [0.5, 0.6) is 5.75 Å². The van der Waals surface area contributed by atoms with Gasteiger partial charge in [-0.05, 0) is 55.2 Å². The van der Waals surface area contributed by atoms with Gasteiger partial charge in [-0.2, -0.15) is 4.37 Å². The Hall–Kier alpha value is -2.20. The fourth-order valence-electron chi connectivity index (χ4n) is 3.80. The summed E-state index contributed by atoms with van der Waals surface area (Å²) < 4.78 is 38.5. The van der Waals surface area contributed by atoms with Crippen LogP contribution in [-0.4, -0.2) is 64.1 Å². The molecule has 31 heavy (non-hydrogen) atoms. The highest BCUT2D eigenvalue weighted by molar-refractivity contribution is 7.89. The van der Waals surface area contributed by atoms with E-state index < -0.39 is 10.0 Å². The molecule has 4 rings (SSSR count). The second-order valence-corrected chi connectivity index (χ2v) is 10.2. The fraction of sp³-hybridized carbons (Fsp3) is 0.409. The Bertz CT molecular complexity index is 1110. The Morgan fingerprint density at radius 1 is 1.06 bits per heavy atom. The maximum Gasteiger partial charge on any atom is 0.240 e. The first-order valence-corrected chi connectivity index (χ1v) is 12.8. The molecule has 1 aliphatic heterocycles. The Morgan fingerprint density at radius 2 is 1.87 bits per heavy atom. The zero-order valence-corrected chi connectivity index (χ0v) is 19.3. The minimum atomic E-state index is -3.50. The SMILES string of the molecule is COc1cccc(S(=O)(=O)NCCCCN2CCN(c3nsc4ccccc34)CC2)c1. The molecule has 3 aromatic rings. The molecule has 0 amide bonds. The van der Waals surface area contributed by atoms with E-state index in [1.165, 1.54) is 23.3 Å². The van der Waals surface area contributed by atoms with Crippen molar-refractivity contribution in [1.82, 2.24) is 14.0 Å². The summed E-state index contributed by atoms with van der Waals surface area (Å²) in [5.74, 6) is 1.64. The number of benzene rings is 2. The number of hydrogen-bond acceptors (Lipinski definition) is 7. The monoisotopic (exact) mass is 460 g/mol. The van der Waals surface area contributed by atoms with Crippen LogP contribution in [0.2, 0.25) is 0 Å². The van der Waals surface area contributed by atoms with Crippen molar-refractivity contribution in [3.63, 3.8) is 0 Å². The maximum absolute atomic E-state index is 12.4. The summed E-state index contributed by atoms with van der Waals surface area (Å²) in [6, 6.07) is 14.9. The summed E-state index contributed by atoms with van der Waals surface area (Å²) in [4.78, 5) is 5.05. The second-order valence-electron chi connectivity index (χ2n) is 7.61. The summed E-state index contributed by atoms with van der Waals surface area (Å²) in [6.07, 6.45) is 1.76. The summed E-state index contributed by atoms with van der Waals surface area (Å²) in [7, 11) is -1.98. The summed E-state index contributed by atoms with van der Waals surface area (Å²) >= 11 is 1.56. The normalized spacial score (nSPS) is 15.5. The third-order valence-corrected chi connectivity index (χ3v) is 7.85. The van der Waals surface area contributed by atoms with Crippen molar-refractivity contribution in [2.75, 3.05) is 51.3 Å². The smallest absolute Gasteiger partial charge is 0.240 e. The molecule has 1 aliphatic rings. The first kappa shape index (κ1) is 22.0. The minimum absolute atomic E-state index is 0.234. The van der Waals surface area contributed by atoms with E-state index in [4.69, 9.17) is 4.74 Å². The van der Waals surface area contributed by atoms with Gasteiger partial charge in [0.15, 0.2) is 0 Å². The third-order valence-electron chi connectivity index (χ3n) is 5.57. The number of ether oxygens (including phenoxy) is 1. The van der Waals surface area contributed by atoms with Gasteiger partial charge in [0.1, 0.15) is 11.6 Å². The van der Waals surface area contributed by atoms with Crippen molar-refractivity contribution in [2.24, 2.45) is 0 Å². The predicted octanol–water partition coefficient (Wildman–Crippen LogP) is 3.19. The molecule has 1 fully saturated rings. The van der Waals surface area contributed by atoms with E-state index in [2.05, 4.69) is 43.2 Å². The first-order valence-electron chi connectivity index (χ1n) is 10.5. The van der Waals surface area contributed by atoms with Crippen LogP contribution in [0.3, 0.4) is 0 Å². The number of aromatic nitrogens is 1. The molecule has 1 aromatic heterocycles. The van der Waals surface area contributed by atoms with E-state index in [1.807, 2.05) is 0 Å². The molecule has 0 spiro atoms. The Labute approximate surface area is 187 Å². The molecule has 2 heterocycles. The number of piperazine rings is 1. The van der Waals surface area contributed by atoms with Gasteiger partial charge in [0.25, 0.3) is 0 Å². The standard InChI is InChI=1S/C22H28N4O3S2/c1-29-18-7-6-8-19(17-18)31(27,28)23-11-4-5-12-25-13-15-26(16-14-25)22-20-9-2-3-10-21(20)30-24-22/h2-3,6-10,17,23H,4-5,11-16H2,1H3.